The molecular formula is C12H19N5O4. The van der Waals surface area contributed by atoms with Gasteiger partial charge in [0, 0.05) is 6.42 Å². The monoisotopic (exact) mass is 297 g/mol. The van der Waals surface area contributed by atoms with E-state index in [1.807, 2.05) is 19.2 Å². The lowest BCUT2D eigenvalue weighted by molar-refractivity contribution is -0.120. The maximum absolute atomic E-state index is 11.8. The summed E-state index contributed by atoms with van der Waals surface area (Å²) in [6.07, 6.45) is -0.00567. The first-order valence-corrected chi connectivity index (χ1v) is 6.56. The third-order valence-corrected chi connectivity index (χ3v) is 2.60. The average Bonchev–Trinajstić information content (AvgIpc) is 2.79. The van der Waals surface area contributed by atoms with Crippen LogP contribution in [0.4, 0.5) is 4.79 Å². The number of nitrogens with one attached hydrogen (secondary N) is 1. The van der Waals surface area contributed by atoms with Gasteiger partial charge in [-0.2, -0.15) is 0 Å². The molecule has 9 nitrogen and oxygen atoms in total. The second-order valence-electron chi connectivity index (χ2n) is 4.58. The minimum absolute atomic E-state index is 0.00567. The van der Waals surface area contributed by atoms with Crippen molar-refractivity contribution in [3.63, 3.8) is 0 Å². The third kappa shape index (κ3) is 4.55. The van der Waals surface area contributed by atoms with Crippen molar-refractivity contribution in [3.05, 3.63) is 11.4 Å². The van der Waals surface area contributed by atoms with Crippen LogP contribution in [0, 0.1) is 0 Å². The molecule has 21 heavy (non-hydrogen) atoms. The normalized spacial score (nSPS) is 10.5. The van der Waals surface area contributed by atoms with Crippen LogP contribution in [-0.2, 0) is 16.1 Å². The molecule has 0 saturated heterocycles. The Bertz CT molecular complexity index is 538. The maximum atomic E-state index is 11.8. The summed E-state index contributed by atoms with van der Waals surface area (Å²) in [5.41, 5.74) is 5.58. The number of carbonyl (C=O) groups is 3. The quantitative estimate of drug-likeness (QED) is 0.720. The van der Waals surface area contributed by atoms with E-state index in [4.69, 9.17) is 10.5 Å². The largest absolute Gasteiger partial charge is 0.461 e. The Balaban J connectivity index is 2.86. The molecule has 0 aliphatic rings. The first kappa shape index (κ1) is 16.6. The highest BCUT2D eigenvalue weighted by Gasteiger charge is 2.23. The van der Waals surface area contributed by atoms with Crippen LogP contribution in [-0.4, -0.2) is 39.5 Å². The lowest BCUT2D eigenvalue weighted by Gasteiger charge is -2.10. The van der Waals surface area contributed by atoms with Crippen LogP contribution in [0.25, 0.3) is 0 Å². The van der Waals surface area contributed by atoms with Crippen LogP contribution in [0.15, 0.2) is 0 Å². The van der Waals surface area contributed by atoms with E-state index in [9.17, 15) is 14.4 Å². The van der Waals surface area contributed by atoms with Crippen LogP contribution in [0.1, 0.15) is 49.3 Å². The standard InChI is InChI=1S/C12H19N5O4/c1-4-21-11(19)9-10(7(2)3)17(16-15-9)6-5-8(18)14-12(13)20/h7H,4-6H2,1-3H3,(H3,13,14,18,20). The number of hydrogen-bond donors (Lipinski definition) is 2. The fourth-order valence-electron chi connectivity index (χ4n) is 1.81. The van der Waals surface area contributed by atoms with Crippen LogP contribution >= 0.6 is 0 Å². The molecule has 1 heterocycles. The average molecular weight is 297 g/mol. The number of esters is 1. The predicted molar refractivity (Wildman–Crippen MR) is 72.4 cm³/mol. The van der Waals surface area contributed by atoms with Crippen LogP contribution in [0.3, 0.4) is 0 Å². The van der Waals surface area contributed by atoms with E-state index >= 15 is 0 Å². The Morgan fingerprint density at radius 1 is 1.38 bits per heavy atom. The molecule has 0 spiro atoms. The molecule has 3 amide bonds. The van der Waals surface area contributed by atoms with Crippen LogP contribution in [0.2, 0.25) is 0 Å². The number of nitrogens with zero attached hydrogens (tertiary/aromatic N) is 3. The lowest BCUT2D eigenvalue weighted by atomic mass is 10.1. The van der Waals surface area contributed by atoms with Gasteiger partial charge >= 0.3 is 12.0 Å². The number of hydrogen-bond acceptors (Lipinski definition) is 6. The van der Waals surface area contributed by atoms with Gasteiger partial charge in [0.1, 0.15) is 0 Å². The number of urea groups is 1. The maximum Gasteiger partial charge on any atom is 0.360 e. The number of primary amides is 1. The van der Waals surface area contributed by atoms with Gasteiger partial charge < -0.3 is 10.5 Å². The first-order valence-electron chi connectivity index (χ1n) is 6.56. The van der Waals surface area contributed by atoms with E-state index in [-0.39, 0.29) is 31.2 Å². The van der Waals surface area contributed by atoms with Crippen molar-refractivity contribution in [1.29, 1.82) is 0 Å². The number of carbonyl (C=O) groups excluding carboxylic acids is 3. The first-order chi connectivity index (χ1) is 9.86. The van der Waals surface area contributed by atoms with Crippen LogP contribution < -0.4 is 11.1 Å². The Hall–Kier alpha value is -2.45. The molecule has 0 radical (unpaired) electrons. The molecule has 0 fully saturated rings. The molecule has 1 aromatic rings. The number of imide groups is 1. The number of amides is 3. The molecule has 0 aliphatic carbocycles. The third-order valence-electron chi connectivity index (χ3n) is 2.60. The fourth-order valence-corrected chi connectivity index (χ4v) is 1.81. The van der Waals surface area contributed by atoms with Crippen molar-refractivity contribution in [1.82, 2.24) is 20.3 Å². The minimum Gasteiger partial charge on any atom is -0.461 e. The molecule has 0 atom stereocenters. The fraction of sp³-hybridized carbons (Fsp3) is 0.583. The number of rotatable bonds is 6. The molecule has 0 saturated carbocycles. The lowest BCUT2D eigenvalue weighted by Crippen LogP contribution is -2.35. The van der Waals surface area contributed by atoms with Gasteiger partial charge in [-0.05, 0) is 12.8 Å². The summed E-state index contributed by atoms with van der Waals surface area (Å²) in [5, 5.41) is 9.63. The number of ether oxygens (including phenoxy) is 1. The van der Waals surface area contributed by atoms with Crippen molar-refractivity contribution in [2.45, 2.75) is 39.7 Å². The summed E-state index contributed by atoms with van der Waals surface area (Å²) in [5.74, 6) is -1.10. The smallest absolute Gasteiger partial charge is 0.360 e. The number of aromatic nitrogens is 3. The van der Waals surface area contributed by atoms with Crippen LogP contribution in [0.5, 0.6) is 0 Å². The summed E-state index contributed by atoms with van der Waals surface area (Å²) >= 11 is 0. The van der Waals surface area contributed by atoms with Gasteiger partial charge in [-0.25, -0.2) is 14.3 Å². The molecule has 116 valence electrons. The van der Waals surface area contributed by atoms with E-state index in [0.29, 0.717) is 5.69 Å². The van der Waals surface area contributed by atoms with E-state index in [1.54, 1.807) is 6.92 Å². The Kier molecular flexibility index (Phi) is 5.82. The zero-order chi connectivity index (χ0) is 16.0. The molecule has 1 rings (SSSR count). The van der Waals surface area contributed by atoms with Crippen molar-refractivity contribution < 1.29 is 19.1 Å². The molecule has 0 unspecified atom stereocenters. The highest BCUT2D eigenvalue weighted by molar-refractivity contribution is 5.93. The summed E-state index contributed by atoms with van der Waals surface area (Å²) in [4.78, 5) is 33.7. The van der Waals surface area contributed by atoms with Crippen molar-refractivity contribution in [2.75, 3.05) is 6.61 Å². The number of aryl methyl sites for hydroxylation is 1. The van der Waals surface area contributed by atoms with E-state index in [1.165, 1.54) is 4.68 Å². The summed E-state index contributed by atoms with van der Waals surface area (Å²) in [6, 6.07) is -0.908. The molecule has 0 aliphatic heterocycles. The van der Waals surface area contributed by atoms with Gasteiger partial charge in [-0.1, -0.05) is 19.1 Å². The molecule has 0 bridgehead atoms. The summed E-state index contributed by atoms with van der Waals surface area (Å²) in [7, 11) is 0. The zero-order valence-electron chi connectivity index (χ0n) is 12.3. The van der Waals surface area contributed by atoms with Gasteiger partial charge in [0.05, 0.1) is 18.8 Å². The summed E-state index contributed by atoms with van der Waals surface area (Å²) < 4.78 is 6.37. The zero-order valence-corrected chi connectivity index (χ0v) is 12.3. The van der Waals surface area contributed by atoms with E-state index < -0.39 is 17.9 Å². The Morgan fingerprint density at radius 3 is 2.57 bits per heavy atom. The number of nitrogens with two attached hydrogens (primary N) is 1. The highest BCUT2D eigenvalue weighted by atomic mass is 16.5. The second kappa shape index (κ2) is 7.36. The van der Waals surface area contributed by atoms with Gasteiger partial charge in [-0.15, -0.1) is 5.10 Å². The molecular weight excluding hydrogens is 278 g/mol. The molecule has 3 N–H and O–H groups in total. The van der Waals surface area contributed by atoms with E-state index in [2.05, 4.69) is 10.3 Å². The SMILES string of the molecule is CCOC(=O)c1nnn(CCC(=O)NC(N)=O)c1C(C)C. The molecule has 9 heteroatoms. The van der Waals surface area contributed by atoms with Gasteiger partial charge in [0.25, 0.3) is 0 Å². The molecule has 0 aromatic carbocycles. The highest BCUT2D eigenvalue weighted by Crippen LogP contribution is 2.18. The van der Waals surface area contributed by atoms with E-state index in [0.717, 1.165) is 0 Å². The van der Waals surface area contributed by atoms with Gasteiger partial charge in [0.15, 0.2) is 5.69 Å². The molecule has 1 aromatic heterocycles. The van der Waals surface area contributed by atoms with Crippen molar-refractivity contribution >= 4 is 17.9 Å². The minimum atomic E-state index is -0.908. The van der Waals surface area contributed by atoms with Gasteiger partial charge in [-0.3, -0.25) is 10.1 Å². The topological polar surface area (TPSA) is 129 Å². The van der Waals surface area contributed by atoms with Gasteiger partial charge in [0.2, 0.25) is 5.91 Å². The Morgan fingerprint density at radius 2 is 2.05 bits per heavy atom. The second-order valence-corrected chi connectivity index (χ2v) is 4.58. The van der Waals surface area contributed by atoms with Crippen molar-refractivity contribution in [3.8, 4) is 0 Å². The Labute approximate surface area is 121 Å². The predicted octanol–water partition coefficient (Wildman–Crippen LogP) is 0.163. The summed E-state index contributed by atoms with van der Waals surface area (Å²) in [6.45, 7) is 5.87. The van der Waals surface area contributed by atoms with Crippen molar-refractivity contribution in [2.24, 2.45) is 5.73 Å².